The summed E-state index contributed by atoms with van der Waals surface area (Å²) in [5.41, 5.74) is 0.784. The Kier molecular flexibility index (Phi) is 3.40. The number of nitrogens with zero attached hydrogens (tertiary/aromatic N) is 3. The van der Waals surface area contributed by atoms with Crippen LogP contribution >= 0.6 is 15.9 Å². The van der Waals surface area contributed by atoms with Crippen LogP contribution in [0.3, 0.4) is 0 Å². The first-order valence-electron chi connectivity index (χ1n) is 3.92. The summed E-state index contributed by atoms with van der Waals surface area (Å²) in [5.74, 6) is -0.310. The highest BCUT2D eigenvalue weighted by Gasteiger charge is 2.12. The Balaban J connectivity index is 2.95. The molecule has 0 aliphatic rings. The molecule has 1 aromatic heterocycles. The van der Waals surface area contributed by atoms with Crippen LogP contribution in [0.25, 0.3) is 0 Å². The first kappa shape index (κ1) is 10.9. The van der Waals surface area contributed by atoms with Gasteiger partial charge >= 0.3 is 5.97 Å². The number of aliphatic carboxylic acids is 1. The Morgan fingerprint density at radius 3 is 2.86 bits per heavy atom. The maximum absolute atomic E-state index is 10.5. The van der Waals surface area contributed by atoms with Crippen LogP contribution in [0.2, 0.25) is 0 Å². The monoisotopic (exact) mass is 259 g/mol. The fourth-order valence-corrected chi connectivity index (χ4v) is 1.50. The van der Waals surface area contributed by atoms with E-state index in [9.17, 15) is 4.79 Å². The second-order valence-corrected chi connectivity index (χ2v) is 3.64. The lowest BCUT2D eigenvalue weighted by molar-refractivity contribution is -0.135. The SMILES string of the molecule is Cc1ncnc(N(C)CC(=O)O)c1Br. The number of aromatic nitrogens is 2. The summed E-state index contributed by atoms with van der Waals surface area (Å²) in [7, 11) is 1.67. The van der Waals surface area contributed by atoms with Gasteiger partial charge in [0.2, 0.25) is 0 Å². The van der Waals surface area contributed by atoms with Gasteiger partial charge < -0.3 is 10.0 Å². The van der Waals surface area contributed by atoms with E-state index in [4.69, 9.17) is 5.11 Å². The third kappa shape index (κ3) is 2.41. The van der Waals surface area contributed by atoms with E-state index in [0.717, 1.165) is 10.2 Å². The van der Waals surface area contributed by atoms with Crippen LogP contribution < -0.4 is 4.90 Å². The third-order valence-corrected chi connectivity index (χ3v) is 2.61. The van der Waals surface area contributed by atoms with Crippen molar-refractivity contribution in [1.29, 1.82) is 0 Å². The Morgan fingerprint density at radius 2 is 2.29 bits per heavy atom. The smallest absolute Gasteiger partial charge is 0.323 e. The van der Waals surface area contributed by atoms with Crippen molar-refractivity contribution in [2.45, 2.75) is 6.92 Å². The highest BCUT2D eigenvalue weighted by Crippen LogP contribution is 2.24. The van der Waals surface area contributed by atoms with Gasteiger partial charge in [-0.2, -0.15) is 0 Å². The maximum atomic E-state index is 10.5. The average Bonchev–Trinajstić information content (AvgIpc) is 2.08. The van der Waals surface area contributed by atoms with E-state index in [1.165, 1.54) is 6.33 Å². The van der Waals surface area contributed by atoms with Crippen LogP contribution in [-0.4, -0.2) is 34.6 Å². The summed E-state index contributed by atoms with van der Waals surface area (Å²) in [6, 6.07) is 0. The number of carbonyl (C=O) groups is 1. The minimum absolute atomic E-state index is 0.0882. The predicted molar refractivity (Wildman–Crippen MR) is 55.4 cm³/mol. The van der Waals surface area contributed by atoms with Gasteiger partial charge in [-0.15, -0.1) is 0 Å². The zero-order valence-corrected chi connectivity index (χ0v) is 9.45. The summed E-state index contributed by atoms with van der Waals surface area (Å²) in [6.45, 7) is 1.74. The topological polar surface area (TPSA) is 66.3 Å². The van der Waals surface area contributed by atoms with Crippen LogP contribution in [0.15, 0.2) is 10.8 Å². The molecule has 6 heteroatoms. The second kappa shape index (κ2) is 4.36. The molecule has 1 rings (SSSR count). The molecule has 0 atom stereocenters. The fourth-order valence-electron chi connectivity index (χ4n) is 0.989. The van der Waals surface area contributed by atoms with Crippen molar-refractivity contribution in [3.8, 4) is 0 Å². The van der Waals surface area contributed by atoms with E-state index < -0.39 is 5.97 Å². The molecule has 0 fully saturated rings. The molecule has 1 aromatic rings. The number of hydrogen-bond donors (Lipinski definition) is 1. The van der Waals surface area contributed by atoms with E-state index >= 15 is 0 Å². The van der Waals surface area contributed by atoms with Crippen LogP contribution in [0.4, 0.5) is 5.82 Å². The highest BCUT2D eigenvalue weighted by atomic mass is 79.9. The van der Waals surface area contributed by atoms with Crippen LogP contribution in [0, 0.1) is 6.92 Å². The van der Waals surface area contributed by atoms with E-state index in [1.54, 1.807) is 11.9 Å². The van der Waals surface area contributed by atoms with Crippen molar-refractivity contribution >= 4 is 27.7 Å². The van der Waals surface area contributed by atoms with Crippen molar-refractivity contribution < 1.29 is 9.90 Å². The number of carboxylic acids is 1. The number of hydrogen-bond acceptors (Lipinski definition) is 4. The molecule has 1 heterocycles. The second-order valence-electron chi connectivity index (χ2n) is 2.85. The summed E-state index contributed by atoms with van der Waals surface area (Å²) in [5, 5.41) is 8.61. The van der Waals surface area contributed by atoms with Crippen molar-refractivity contribution in [3.63, 3.8) is 0 Å². The zero-order chi connectivity index (χ0) is 10.7. The molecule has 14 heavy (non-hydrogen) atoms. The number of carboxylic acid groups (broad SMARTS) is 1. The van der Waals surface area contributed by atoms with E-state index in [0.29, 0.717) is 5.82 Å². The number of rotatable bonds is 3. The summed E-state index contributed by atoms with van der Waals surface area (Å²) in [6.07, 6.45) is 1.41. The molecule has 0 spiro atoms. The van der Waals surface area contributed by atoms with Gasteiger partial charge in [-0.25, -0.2) is 9.97 Å². The van der Waals surface area contributed by atoms with Crippen molar-refractivity contribution in [1.82, 2.24) is 9.97 Å². The van der Waals surface area contributed by atoms with Crippen molar-refractivity contribution in [3.05, 3.63) is 16.5 Å². The lowest BCUT2D eigenvalue weighted by atomic mass is 10.4. The number of anilines is 1. The Morgan fingerprint density at radius 1 is 1.64 bits per heavy atom. The van der Waals surface area contributed by atoms with Gasteiger partial charge in [-0.3, -0.25) is 4.79 Å². The first-order chi connectivity index (χ1) is 6.52. The van der Waals surface area contributed by atoms with E-state index in [-0.39, 0.29) is 6.54 Å². The largest absolute Gasteiger partial charge is 0.480 e. The van der Waals surface area contributed by atoms with Gasteiger partial charge in [-0.05, 0) is 22.9 Å². The average molecular weight is 260 g/mol. The van der Waals surface area contributed by atoms with Gasteiger partial charge in [0.25, 0.3) is 0 Å². The third-order valence-electron chi connectivity index (χ3n) is 1.68. The molecule has 0 aliphatic carbocycles. The molecule has 0 saturated carbocycles. The molecule has 1 N–H and O–H groups in total. The van der Waals surface area contributed by atoms with Crippen molar-refractivity contribution in [2.75, 3.05) is 18.5 Å². The zero-order valence-electron chi connectivity index (χ0n) is 7.86. The molecule has 76 valence electrons. The van der Waals surface area contributed by atoms with Crippen LogP contribution in [-0.2, 0) is 4.79 Å². The minimum Gasteiger partial charge on any atom is -0.480 e. The first-order valence-corrected chi connectivity index (χ1v) is 4.71. The quantitative estimate of drug-likeness (QED) is 0.880. The molecule has 0 unspecified atom stereocenters. The Hall–Kier alpha value is -1.17. The summed E-state index contributed by atoms with van der Waals surface area (Å²) < 4.78 is 0.726. The van der Waals surface area contributed by atoms with E-state index in [2.05, 4.69) is 25.9 Å². The summed E-state index contributed by atoms with van der Waals surface area (Å²) >= 11 is 3.31. The lowest BCUT2D eigenvalue weighted by Crippen LogP contribution is -2.26. The maximum Gasteiger partial charge on any atom is 0.323 e. The number of aryl methyl sites for hydroxylation is 1. The molecule has 5 nitrogen and oxygen atoms in total. The molecular formula is C8H10BrN3O2. The molecule has 0 aromatic carbocycles. The minimum atomic E-state index is -0.893. The number of likely N-dealkylation sites (N-methyl/N-ethyl adjacent to an activating group) is 1. The molecule has 0 bridgehead atoms. The van der Waals surface area contributed by atoms with Crippen LogP contribution in [0.1, 0.15) is 5.69 Å². The summed E-state index contributed by atoms with van der Waals surface area (Å²) in [4.78, 5) is 20.0. The van der Waals surface area contributed by atoms with Gasteiger partial charge in [0, 0.05) is 7.05 Å². The molecule has 0 amide bonds. The lowest BCUT2D eigenvalue weighted by Gasteiger charge is -2.17. The normalized spacial score (nSPS) is 9.93. The van der Waals surface area contributed by atoms with Gasteiger partial charge in [0.1, 0.15) is 18.7 Å². The predicted octanol–water partition coefficient (Wildman–Crippen LogP) is 1.07. The Labute approximate surface area is 89.9 Å². The Bertz CT molecular complexity index is 356. The molecule has 0 aliphatic heterocycles. The fraction of sp³-hybridized carbons (Fsp3) is 0.375. The number of halogens is 1. The van der Waals surface area contributed by atoms with Gasteiger partial charge in [0.05, 0.1) is 10.2 Å². The molecular weight excluding hydrogens is 250 g/mol. The van der Waals surface area contributed by atoms with Crippen molar-refractivity contribution in [2.24, 2.45) is 0 Å². The van der Waals surface area contributed by atoms with Crippen LogP contribution in [0.5, 0.6) is 0 Å². The van der Waals surface area contributed by atoms with Gasteiger partial charge in [-0.1, -0.05) is 0 Å². The highest BCUT2D eigenvalue weighted by molar-refractivity contribution is 9.10. The molecule has 0 radical (unpaired) electrons. The molecule has 0 saturated heterocycles. The van der Waals surface area contributed by atoms with Gasteiger partial charge in [0.15, 0.2) is 0 Å². The van der Waals surface area contributed by atoms with E-state index in [1.807, 2.05) is 6.92 Å². The standard InChI is InChI=1S/C8H10BrN3O2/c1-5-7(9)8(11-4-10-5)12(2)3-6(13)14/h4H,3H2,1-2H3,(H,13,14).